The quantitative estimate of drug-likeness (QED) is 0.564. The Hall–Kier alpha value is -1.56. The number of rotatable bonds is 1. The molecule has 2 aromatic rings. The van der Waals surface area contributed by atoms with Crippen molar-refractivity contribution in [1.82, 2.24) is 0 Å². The van der Waals surface area contributed by atoms with Crippen LogP contribution in [0.2, 0.25) is 5.02 Å². The summed E-state index contributed by atoms with van der Waals surface area (Å²) in [4.78, 5) is 11.9. The third kappa shape index (κ3) is 3.22. The van der Waals surface area contributed by atoms with Crippen LogP contribution in [0, 0.1) is 11.8 Å². The lowest BCUT2D eigenvalue weighted by atomic mass is 10.1. The first kappa shape index (κ1) is 12.9. The second kappa shape index (κ2) is 5.86. The minimum atomic E-state index is -0.256. The Morgan fingerprint density at radius 2 is 1.83 bits per heavy atom. The third-order valence-electron chi connectivity index (χ3n) is 2.27. The summed E-state index contributed by atoms with van der Waals surface area (Å²) in [6.07, 6.45) is 0. The summed E-state index contributed by atoms with van der Waals surface area (Å²) in [6, 6.07) is 14.4. The Labute approximate surface area is 119 Å². The fourth-order valence-electron chi connectivity index (χ4n) is 1.39. The van der Waals surface area contributed by atoms with E-state index in [-0.39, 0.29) is 5.78 Å². The predicted octanol–water partition coefficient (Wildman–Crippen LogP) is 4.34. The summed E-state index contributed by atoms with van der Waals surface area (Å²) in [5.74, 6) is 5.18. The summed E-state index contributed by atoms with van der Waals surface area (Å²) in [7, 11) is 0. The zero-order valence-corrected chi connectivity index (χ0v) is 11.6. The van der Waals surface area contributed by atoms with Crippen LogP contribution in [-0.4, -0.2) is 5.78 Å². The van der Waals surface area contributed by atoms with Gasteiger partial charge in [-0.2, -0.15) is 0 Å². The second-order valence-electron chi connectivity index (χ2n) is 3.57. The first-order valence-electron chi connectivity index (χ1n) is 5.23. The van der Waals surface area contributed by atoms with Gasteiger partial charge < -0.3 is 0 Å². The van der Waals surface area contributed by atoms with Gasteiger partial charge >= 0.3 is 0 Å². The zero-order valence-electron chi connectivity index (χ0n) is 9.28. The molecule has 0 unspecified atom stereocenters. The highest BCUT2D eigenvalue weighted by molar-refractivity contribution is 9.10. The molecule has 0 saturated heterocycles. The van der Waals surface area contributed by atoms with Gasteiger partial charge in [-0.15, -0.1) is 0 Å². The van der Waals surface area contributed by atoms with Crippen molar-refractivity contribution in [3.8, 4) is 11.8 Å². The molecule has 18 heavy (non-hydrogen) atoms. The Bertz CT molecular complexity index is 639. The maximum Gasteiger partial charge on any atom is 0.237 e. The van der Waals surface area contributed by atoms with Crippen molar-refractivity contribution in [3.63, 3.8) is 0 Å². The van der Waals surface area contributed by atoms with Crippen molar-refractivity contribution >= 4 is 33.3 Å². The normalized spacial score (nSPS) is 9.44. The number of hydrogen-bond acceptors (Lipinski definition) is 1. The van der Waals surface area contributed by atoms with Crippen LogP contribution in [0.3, 0.4) is 0 Å². The van der Waals surface area contributed by atoms with Crippen LogP contribution < -0.4 is 0 Å². The molecule has 0 radical (unpaired) electrons. The van der Waals surface area contributed by atoms with Gasteiger partial charge in [-0.25, -0.2) is 0 Å². The van der Waals surface area contributed by atoms with Crippen LogP contribution in [0.1, 0.15) is 15.9 Å². The van der Waals surface area contributed by atoms with E-state index in [4.69, 9.17) is 11.6 Å². The second-order valence-corrected chi connectivity index (χ2v) is 4.86. The summed E-state index contributed by atoms with van der Waals surface area (Å²) in [6.45, 7) is 0. The smallest absolute Gasteiger partial charge is 0.237 e. The molecule has 0 amide bonds. The molecule has 0 bridgehead atoms. The van der Waals surface area contributed by atoms with Crippen molar-refractivity contribution in [2.45, 2.75) is 0 Å². The maximum absolute atomic E-state index is 11.9. The SMILES string of the molecule is O=C(C#Cc1ccccc1)c1cc(Cl)ccc1Br. The van der Waals surface area contributed by atoms with Crippen molar-refractivity contribution in [1.29, 1.82) is 0 Å². The Balaban J connectivity index is 2.28. The van der Waals surface area contributed by atoms with Gasteiger partial charge in [-0.1, -0.05) is 51.7 Å². The lowest BCUT2D eigenvalue weighted by Crippen LogP contribution is -1.96. The topological polar surface area (TPSA) is 17.1 Å². The van der Waals surface area contributed by atoms with Gasteiger partial charge in [0.05, 0.1) is 0 Å². The monoisotopic (exact) mass is 318 g/mol. The fraction of sp³-hybridized carbons (Fsp3) is 0. The van der Waals surface area contributed by atoms with Gasteiger partial charge in [0.25, 0.3) is 0 Å². The molecule has 2 aromatic carbocycles. The summed E-state index contributed by atoms with van der Waals surface area (Å²) in [5.41, 5.74) is 1.29. The molecule has 0 heterocycles. The molecule has 1 nitrogen and oxygen atoms in total. The molecule has 0 aromatic heterocycles. The first-order valence-corrected chi connectivity index (χ1v) is 6.40. The molecule has 0 atom stereocenters. The summed E-state index contributed by atoms with van der Waals surface area (Å²) in [5, 5.41) is 0.517. The van der Waals surface area contributed by atoms with Crippen molar-refractivity contribution in [2.24, 2.45) is 0 Å². The average Bonchev–Trinajstić information content (AvgIpc) is 2.40. The molecule has 0 saturated carbocycles. The van der Waals surface area contributed by atoms with E-state index < -0.39 is 0 Å². The lowest BCUT2D eigenvalue weighted by Gasteiger charge is -1.98. The molecule has 0 fully saturated rings. The highest BCUT2D eigenvalue weighted by Crippen LogP contribution is 2.21. The van der Waals surface area contributed by atoms with Crippen LogP contribution in [0.4, 0.5) is 0 Å². The highest BCUT2D eigenvalue weighted by atomic mass is 79.9. The number of benzene rings is 2. The van der Waals surface area contributed by atoms with E-state index in [0.717, 1.165) is 5.56 Å². The maximum atomic E-state index is 11.9. The van der Waals surface area contributed by atoms with Crippen molar-refractivity contribution in [2.75, 3.05) is 0 Å². The summed E-state index contributed by atoms with van der Waals surface area (Å²) >= 11 is 9.17. The van der Waals surface area contributed by atoms with E-state index in [1.165, 1.54) is 0 Å². The predicted molar refractivity (Wildman–Crippen MR) is 76.8 cm³/mol. The third-order valence-corrected chi connectivity index (χ3v) is 3.19. The van der Waals surface area contributed by atoms with Gasteiger partial charge in [0.2, 0.25) is 5.78 Å². The summed E-state index contributed by atoms with van der Waals surface area (Å²) < 4.78 is 0.694. The highest BCUT2D eigenvalue weighted by Gasteiger charge is 2.07. The molecule has 0 aliphatic carbocycles. The van der Waals surface area contributed by atoms with Crippen molar-refractivity contribution in [3.05, 3.63) is 69.2 Å². The van der Waals surface area contributed by atoms with Crippen LogP contribution in [-0.2, 0) is 0 Å². The van der Waals surface area contributed by atoms with E-state index in [1.54, 1.807) is 18.2 Å². The molecule has 0 aliphatic rings. The number of halogens is 2. The van der Waals surface area contributed by atoms with Crippen LogP contribution >= 0.6 is 27.5 Å². The Morgan fingerprint density at radius 1 is 1.11 bits per heavy atom. The van der Waals surface area contributed by atoms with Crippen LogP contribution in [0.15, 0.2) is 53.0 Å². The fourth-order valence-corrected chi connectivity index (χ4v) is 1.99. The molecule has 0 spiro atoms. The van der Waals surface area contributed by atoms with Crippen molar-refractivity contribution < 1.29 is 4.79 Å². The molecule has 0 N–H and O–H groups in total. The standard InChI is InChI=1S/C15H8BrClO/c16-14-8-7-12(17)10-13(14)15(18)9-6-11-4-2-1-3-5-11/h1-5,7-8,10H. The van der Waals surface area contributed by atoms with E-state index >= 15 is 0 Å². The number of hydrogen-bond donors (Lipinski definition) is 0. The van der Waals surface area contributed by atoms with E-state index in [9.17, 15) is 4.79 Å². The Morgan fingerprint density at radius 3 is 2.56 bits per heavy atom. The number of carbonyl (C=O) groups is 1. The van der Waals surface area contributed by atoms with Gasteiger partial charge in [0.15, 0.2) is 0 Å². The molecule has 3 heteroatoms. The molecule has 2 rings (SSSR count). The van der Waals surface area contributed by atoms with Gasteiger partial charge in [-0.3, -0.25) is 4.79 Å². The Kier molecular flexibility index (Phi) is 4.19. The minimum Gasteiger partial charge on any atom is -0.279 e. The molecule has 0 aliphatic heterocycles. The average molecular weight is 320 g/mol. The van der Waals surface area contributed by atoms with Crippen LogP contribution in [0.5, 0.6) is 0 Å². The van der Waals surface area contributed by atoms with Gasteiger partial charge in [0, 0.05) is 20.6 Å². The van der Waals surface area contributed by atoms with Gasteiger partial charge in [-0.05, 0) is 36.3 Å². The molecular weight excluding hydrogens is 312 g/mol. The van der Waals surface area contributed by atoms with Gasteiger partial charge in [0.1, 0.15) is 0 Å². The largest absolute Gasteiger partial charge is 0.279 e. The lowest BCUT2D eigenvalue weighted by molar-refractivity contribution is 0.105. The zero-order chi connectivity index (χ0) is 13.0. The molecular formula is C15H8BrClO. The van der Waals surface area contributed by atoms with Crippen LogP contribution in [0.25, 0.3) is 0 Å². The first-order chi connectivity index (χ1) is 8.66. The number of ketones is 1. The number of carbonyl (C=O) groups excluding carboxylic acids is 1. The van der Waals surface area contributed by atoms with E-state index in [1.807, 2.05) is 30.3 Å². The minimum absolute atomic E-state index is 0.256. The van der Waals surface area contributed by atoms with E-state index in [2.05, 4.69) is 27.8 Å². The molecule has 88 valence electrons. The van der Waals surface area contributed by atoms with E-state index in [0.29, 0.717) is 15.1 Å². The number of Topliss-reactive ketones (excluding diaryl/α,β-unsaturated/α-hetero) is 1.